The Morgan fingerprint density at radius 3 is 0.577 bits per heavy atom. The van der Waals surface area contributed by atoms with Crippen molar-refractivity contribution >= 4 is 0 Å². The van der Waals surface area contributed by atoms with Gasteiger partial charge in [0.25, 0.3) is 0 Å². The first-order valence-electron chi connectivity index (χ1n) is 11.8. The minimum Gasteiger partial charge on any atom is -0.373 e. The molecular weight excluding hydrogens is 318 g/mol. The number of hydrogen-bond donors (Lipinski definition) is 0. The Morgan fingerprint density at radius 2 is 0.462 bits per heavy atom. The Morgan fingerprint density at radius 1 is 0.346 bits per heavy atom. The van der Waals surface area contributed by atoms with Gasteiger partial charge in [0.15, 0.2) is 0 Å². The van der Waals surface area contributed by atoms with Crippen molar-refractivity contribution in [2.75, 3.05) is 0 Å². The Balaban J connectivity index is 0. The summed E-state index contributed by atoms with van der Waals surface area (Å²) in [4.78, 5) is 1.50. The smallest absolute Gasteiger partial charge is 0.0533 e. The van der Waals surface area contributed by atoms with Crippen LogP contribution in [0.1, 0.15) is 149 Å². The van der Waals surface area contributed by atoms with Crippen LogP contribution in [-0.4, -0.2) is 0 Å². The third kappa shape index (κ3) is 31.1. The molecule has 26 heavy (non-hydrogen) atoms. The predicted molar refractivity (Wildman–Crippen MR) is 118 cm³/mol. The summed E-state index contributed by atoms with van der Waals surface area (Å²) in [5.41, 5.74) is 13.5. The molecule has 0 N–H and O–H groups in total. The van der Waals surface area contributed by atoms with Crippen molar-refractivity contribution in [2.24, 2.45) is 0 Å². The first-order valence-corrected chi connectivity index (χ1v) is 11.8. The molecule has 0 radical (unpaired) electrons. The van der Waals surface area contributed by atoms with Gasteiger partial charge >= 0.3 is 0 Å². The molecule has 3 nitrogen and oxygen atoms in total. The van der Waals surface area contributed by atoms with E-state index >= 15 is 0 Å². The van der Waals surface area contributed by atoms with Gasteiger partial charge in [0.05, 0.1) is 0 Å². The zero-order valence-corrected chi connectivity index (χ0v) is 18.2. The first kappa shape index (κ1) is 27.5. The van der Waals surface area contributed by atoms with Crippen molar-refractivity contribution in [1.29, 1.82) is 0 Å². The molecule has 156 valence electrons. The predicted octanol–water partition coefficient (Wildman–Crippen LogP) is 10.1. The molecule has 0 amide bonds. The lowest BCUT2D eigenvalue weighted by Gasteiger charge is -2.04. The zero-order chi connectivity index (χ0) is 19.6. The number of nitrogens with zero attached hydrogens (tertiary/aromatic N) is 3. The average molecular weight is 367 g/mol. The van der Waals surface area contributed by atoms with Gasteiger partial charge in [0.1, 0.15) is 0 Å². The van der Waals surface area contributed by atoms with Crippen LogP contribution >= 0.6 is 0 Å². The third-order valence-electron chi connectivity index (χ3n) is 5.21. The molecule has 0 heterocycles. The molecule has 0 aromatic heterocycles. The van der Waals surface area contributed by atoms with E-state index in [1.807, 2.05) is 0 Å². The minimum atomic E-state index is 1.37. The average Bonchev–Trinajstić information content (AvgIpc) is 2.64. The molecule has 0 saturated heterocycles. The van der Waals surface area contributed by atoms with Gasteiger partial charge in [0, 0.05) is 0 Å². The molecular formula is C23H48N3-. The molecule has 0 aliphatic carbocycles. The molecule has 0 rings (SSSR count). The van der Waals surface area contributed by atoms with Gasteiger partial charge < -0.3 is 11.1 Å². The second kappa shape index (κ2) is 29.1. The van der Waals surface area contributed by atoms with Crippen LogP contribution in [0.15, 0.2) is 0 Å². The number of unbranched alkanes of at least 4 members (excludes halogenated alkanes) is 20. The quantitative estimate of drug-likeness (QED) is 0.0890. The molecule has 0 spiro atoms. The van der Waals surface area contributed by atoms with Gasteiger partial charge in [-0.1, -0.05) is 149 Å². The molecule has 0 atom stereocenters. The SMILES string of the molecule is CCCCCCCCCCCCCCCCCCCCCCC.[N-]=[N+]=[N-]. The minimum absolute atomic E-state index is 1.37. The van der Waals surface area contributed by atoms with Gasteiger partial charge in [0.2, 0.25) is 0 Å². The van der Waals surface area contributed by atoms with Crippen LogP contribution in [0.2, 0.25) is 0 Å². The summed E-state index contributed by atoms with van der Waals surface area (Å²) in [7, 11) is 0. The van der Waals surface area contributed by atoms with Crippen LogP contribution in [0.4, 0.5) is 0 Å². The Hall–Kier alpha value is -0.690. The number of rotatable bonds is 20. The van der Waals surface area contributed by atoms with Crippen molar-refractivity contribution in [3.8, 4) is 0 Å². The van der Waals surface area contributed by atoms with Crippen LogP contribution in [0.3, 0.4) is 0 Å². The number of hydrogen-bond acceptors (Lipinski definition) is 0. The highest BCUT2D eigenvalue weighted by Gasteiger charge is 1.95. The van der Waals surface area contributed by atoms with Crippen molar-refractivity contribution in [3.63, 3.8) is 0 Å². The van der Waals surface area contributed by atoms with E-state index in [2.05, 4.69) is 13.8 Å². The lowest BCUT2D eigenvalue weighted by atomic mass is 10.0. The summed E-state index contributed by atoms with van der Waals surface area (Å²) in [6.45, 7) is 4.60. The van der Waals surface area contributed by atoms with E-state index < -0.39 is 0 Å². The maximum atomic E-state index is 6.75. The van der Waals surface area contributed by atoms with E-state index in [0.29, 0.717) is 0 Å². The Labute approximate surface area is 165 Å². The molecule has 0 aromatic carbocycles. The van der Waals surface area contributed by atoms with Crippen LogP contribution in [0, 0.1) is 0 Å². The van der Waals surface area contributed by atoms with Gasteiger partial charge in [-0.15, -0.1) is 0 Å². The highest BCUT2D eigenvalue weighted by atomic mass is 15.0. The van der Waals surface area contributed by atoms with Gasteiger partial charge in [-0.3, -0.25) is 4.91 Å². The van der Waals surface area contributed by atoms with Crippen LogP contribution in [-0.2, 0) is 0 Å². The summed E-state index contributed by atoms with van der Waals surface area (Å²) in [5.74, 6) is 0. The molecule has 0 aliphatic heterocycles. The van der Waals surface area contributed by atoms with Crippen molar-refractivity contribution in [2.45, 2.75) is 149 Å². The molecule has 0 aliphatic rings. The van der Waals surface area contributed by atoms with Gasteiger partial charge in [-0.25, -0.2) is 0 Å². The lowest BCUT2D eigenvalue weighted by molar-refractivity contribution is 0.521. The second-order valence-electron chi connectivity index (χ2n) is 7.81. The van der Waals surface area contributed by atoms with Crippen LogP contribution < -0.4 is 0 Å². The van der Waals surface area contributed by atoms with Crippen LogP contribution in [0.5, 0.6) is 0 Å². The standard InChI is InChI=1S/C23H48.N3/c1-3-5-7-9-11-13-15-17-19-21-23-22-20-18-16-14-12-10-8-6-4-2;1-3-2/h3-23H2,1-2H3;/q;-1. The van der Waals surface area contributed by atoms with E-state index in [9.17, 15) is 0 Å². The molecule has 0 fully saturated rings. The van der Waals surface area contributed by atoms with Gasteiger partial charge in [-0.05, 0) is 0 Å². The monoisotopic (exact) mass is 366 g/mol. The molecule has 0 bridgehead atoms. The second-order valence-corrected chi connectivity index (χ2v) is 7.81. The largest absolute Gasteiger partial charge is 0.373 e. The van der Waals surface area contributed by atoms with Crippen molar-refractivity contribution < 1.29 is 0 Å². The van der Waals surface area contributed by atoms with E-state index in [4.69, 9.17) is 11.1 Å². The van der Waals surface area contributed by atoms with Gasteiger partial charge in [-0.2, -0.15) is 0 Å². The zero-order valence-electron chi connectivity index (χ0n) is 18.2. The van der Waals surface area contributed by atoms with Crippen molar-refractivity contribution in [3.05, 3.63) is 16.0 Å². The maximum absolute atomic E-state index is 6.75. The van der Waals surface area contributed by atoms with E-state index in [1.54, 1.807) is 0 Å². The van der Waals surface area contributed by atoms with E-state index in [1.165, 1.54) is 140 Å². The van der Waals surface area contributed by atoms with E-state index in [0.717, 1.165) is 0 Å². The summed E-state index contributed by atoms with van der Waals surface area (Å²) >= 11 is 0. The summed E-state index contributed by atoms with van der Waals surface area (Å²) in [6, 6.07) is 0. The highest BCUT2D eigenvalue weighted by Crippen LogP contribution is 2.14. The summed E-state index contributed by atoms with van der Waals surface area (Å²) in [5, 5.41) is 0. The van der Waals surface area contributed by atoms with Crippen molar-refractivity contribution in [1.82, 2.24) is 0 Å². The van der Waals surface area contributed by atoms with E-state index in [-0.39, 0.29) is 0 Å². The maximum Gasteiger partial charge on any atom is -0.0533 e. The highest BCUT2D eigenvalue weighted by molar-refractivity contribution is 4.50. The Kier molecular flexibility index (Phi) is 30.8. The summed E-state index contributed by atoms with van der Waals surface area (Å²) in [6.07, 6.45) is 30.9. The fraction of sp³-hybridized carbons (Fsp3) is 1.00. The topological polar surface area (TPSA) is 58.7 Å². The summed E-state index contributed by atoms with van der Waals surface area (Å²) < 4.78 is 0. The normalized spacial score (nSPS) is 10.2. The van der Waals surface area contributed by atoms with Crippen LogP contribution in [0.25, 0.3) is 16.0 Å². The lowest BCUT2D eigenvalue weighted by Crippen LogP contribution is -1.84. The third-order valence-corrected chi connectivity index (χ3v) is 5.21. The fourth-order valence-corrected chi connectivity index (χ4v) is 3.51. The molecule has 0 unspecified atom stereocenters. The molecule has 0 aromatic rings. The molecule has 3 heteroatoms. The fourth-order valence-electron chi connectivity index (χ4n) is 3.51. The first-order chi connectivity index (χ1) is 12.8. The Bertz CT molecular complexity index is 240. The molecule has 0 saturated carbocycles.